The molecule has 27 nitrogen and oxygen atoms in total. The molecule has 1 aliphatic carbocycles. The number of nitro groups is 1. The second kappa shape index (κ2) is 26.1. The number of aliphatic hydroxyl groups is 4. The molecule has 3 aliphatic rings. The summed E-state index contributed by atoms with van der Waals surface area (Å²) in [5.41, 5.74) is -5.49. The number of ether oxygens (including phenoxy) is 8. The van der Waals surface area contributed by atoms with Crippen LogP contribution in [-0.2, 0) is 49.3 Å². The van der Waals surface area contributed by atoms with Crippen LogP contribution in [-0.4, -0.2) is 182 Å². The van der Waals surface area contributed by atoms with Gasteiger partial charge in [-0.3, -0.25) is 14.9 Å². The standard InChI is InChI=1S/C51H81N7O20/c1-47(2,3)75-43(64)52-22-21-33(59)40(62)54-32-23-31(56-45(66)77-49(7,8)9)34(35(60)38(32)74-41-36(61)39(51(13,68)26-72-41)57(14)46(67)78-50(10,11)12)37-30(55-44(65)76-48(4,5)6)20-19-29(73-37)24-53-42(63)71-25-27-15-17-28(18-16-27)58(69)70/h15-19,30-39,41,59-61,68H,20-26H2,1-14H3,(H,52,64)(H,53,63)(H,54,62)(H,55,65)(H,56,66)/t30-,31+,32-,33+,34?,35+,36-,37+,38+,39-,41-,51+/m1/s1. The number of likely N-dealkylation sites (N-methyl/N-ethyl adjacent to an activating group) is 1. The summed E-state index contributed by atoms with van der Waals surface area (Å²) in [6.07, 6.45) is -14.1. The summed E-state index contributed by atoms with van der Waals surface area (Å²) in [6, 6.07) is 0.125. The third kappa shape index (κ3) is 19.9. The van der Waals surface area contributed by atoms with Gasteiger partial charge in [0.2, 0.25) is 5.91 Å². The van der Waals surface area contributed by atoms with E-state index in [0.29, 0.717) is 5.56 Å². The van der Waals surface area contributed by atoms with Gasteiger partial charge in [0, 0.05) is 37.7 Å². The average Bonchev–Trinajstić information content (AvgIpc) is 3.27. The second-order valence-corrected chi connectivity index (χ2v) is 23.7. The van der Waals surface area contributed by atoms with E-state index >= 15 is 0 Å². The summed E-state index contributed by atoms with van der Waals surface area (Å²) in [6.45, 7) is 19.5. The Balaban J connectivity index is 1.77. The SMILES string of the molecule is CN(C(=O)OC(C)(C)C)[C@@H]1[C@@H](O)[C@@H](O[C@H]2[C@H](NC(=O)[C@@H](O)CCNC(=O)OC(C)(C)C)C[C@H](NC(=O)OC(C)(C)C)C([C@H]3OC(CNC(=O)OCc4ccc([N+](=O)[O-])cc4)=CC[C@H]3NC(=O)OC(C)(C)C)[C@@H]2O)OC[C@]1(C)O. The zero-order valence-electron chi connectivity index (χ0n) is 46.9. The van der Waals surface area contributed by atoms with Crippen molar-refractivity contribution in [1.29, 1.82) is 0 Å². The van der Waals surface area contributed by atoms with Gasteiger partial charge in [0.05, 0.1) is 42.3 Å². The Morgan fingerprint density at radius 2 is 1.33 bits per heavy atom. The fourth-order valence-electron chi connectivity index (χ4n) is 8.80. The first-order valence-electron chi connectivity index (χ1n) is 25.6. The van der Waals surface area contributed by atoms with Gasteiger partial charge >= 0.3 is 30.5 Å². The van der Waals surface area contributed by atoms with Crippen LogP contribution < -0.4 is 26.6 Å². The fraction of sp³-hybridized carbons (Fsp3) is 0.725. The van der Waals surface area contributed by atoms with Gasteiger partial charge in [0.1, 0.15) is 64.8 Å². The minimum atomic E-state index is -1.92. The lowest BCUT2D eigenvalue weighted by Gasteiger charge is -2.52. The highest BCUT2D eigenvalue weighted by molar-refractivity contribution is 5.81. The van der Waals surface area contributed by atoms with E-state index in [1.165, 1.54) is 38.2 Å². The third-order valence-corrected chi connectivity index (χ3v) is 12.0. The first-order chi connectivity index (χ1) is 35.8. The lowest BCUT2D eigenvalue weighted by molar-refractivity contribution is -0.384. The molecule has 1 saturated heterocycles. The molecule has 0 radical (unpaired) electrons. The number of non-ortho nitro benzene ring substituents is 1. The van der Waals surface area contributed by atoms with Crippen molar-refractivity contribution in [1.82, 2.24) is 31.5 Å². The van der Waals surface area contributed by atoms with Gasteiger partial charge in [0.15, 0.2) is 6.29 Å². The van der Waals surface area contributed by atoms with Crippen molar-refractivity contribution in [3.05, 3.63) is 51.8 Å². The summed E-state index contributed by atoms with van der Waals surface area (Å²) in [7, 11) is 1.29. The van der Waals surface area contributed by atoms with E-state index in [1.807, 2.05) is 0 Å². The minimum Gasteiger partial charge on any atom is -0.491 e. The molecule has 6 amide bonds. The molecule has 2 aliphatic heterocycles. The van der Waals surface area contributed by atoms with Crippen LogP contribution in [0.1, 0.15) is 115 Å². The summed E-state index contributed by atoms with van der Waals surface area (Å²) in [5, 5.41) is 72.0. The molecule has 12 atom stereocenters. The number of hydrogen-bond acceptors (Lipinski definition) is 20. The molecule has 2 heterocycles. The number of rotatable bonds is 16. The molecular weight excluding hydrogens is 1030 g/mol. The molecule has 4 rings (SSSR count). The largest absolute Gasteiger partial charge is 0.491 e. The maximum absolute atomic E-state index is 14.0. The molecule has 78 heavy (non-hydrogen) atoms. The van der Waals surface area contributed by atoms with Crippen LogP contribution >= 0.6 is 0 Å². The number of nitrogens with one attached hydrogen (secondary N) is 5. The summed E-state index contributed by atoms with van der Waals surface area (Å²) in [5.74, 6) is -2.32. The quantitative estimate of drug-likeness (QED) is 0.0649. The van der Waals surface area contributed by atoms with Gasteiger partial charge in [-0.2, -0.15) is 0 Å². The molecule has 27 heteroatoms. The Hall–Kier alpha value is -6.26. The van der Waals surface area contributed by atoms with Crippen LogP contribution in [0.2, 0.25) is 0 Å². The number of aliphatic hydroxyl groups excluding tert-OH is 3. The molecule has 440 valence electrons. The van der Waals surface area contributed by atoms with Gasteiger partial charge < -0.3 is 89.8 Å². The maximum atomic E-state index is 14.0. The molecule has 1 saturated carbocycles. The van der Waals surface area contributed by atoms with Gasteiger partial charge in [-0.05, 0) is 133 Å². The van der Waals surface area contributed by atoms with Gasteiger partial charge in [0.25, 0.3) is 5.69 Å². The predicted molar refractivity (Wildman–Crippen MR) is 275 cm³/mol. The number of nitrogens with zero attached hydrogens (tertiary/aromatic N) is 2. The zero-order valence-corrected chi connectivity index (χ0v) is 46.9. The molecule has 0 bridgehead atoms. The Labute approximate surface area is 453 Å². The lowest BCUT2D eigenvalue weighted by Crippen LogP contribution is -2.71. The normalized spacial score (nSPS) is 27.0. The van der Waals surface area contributed by atoms with E-state index in [2.05, 4.69) is 26.6 Å². The number of alkyl carbamates (subject to hydrolysis) is 4. The monoisotopic (exact) mass is 1110 g/mol. The molecule has 9 N–H and O–H groups in total. The average molecular weight is 1110 g/mol. The maximum Gasteiger partial charge on any atom is 0.410 e. The Morgan fingerprint density at radius 1 is 0.782 bits per heavy atom. The van der Waals surface area contributed by atoms with Crippen molar-refractivity contribution in [2.24, 2.45) is 5.92 Å². The molecule has 1 aromatic rings. The lowest BCUT2D eigenvalue weighted by atomic mass is 9.72. The highest BCUT2D eigenvalue weighted by Gasteiger charge is 2.57. The van der Waals surface area contributed by atoms with E-state index in [9.17, 15) is 59.3 Å². The Morgan fingerprint density at radius 3 is 1.88 bits per heavy atom. The van der Waals surface area contributed by atoms with Crippen LogP contribution in [0, 0.1) is 16.0 Å². The van der Waals surface area contributed by atoms with Crippen molar-refractivity contribution in [2.45, 2.75) is 205 Å². The van der Waals surface area contributed by atoms with Gasteiger partial charge in [-0.25, -0.2) is 24.0 Å². The highest BCUT2D eigenvalue weighted by Crippen LogP contribution is 2.39. The first kappa shape index (κ1) is 64.3. The topological polar surface area (TPSA) is 364 Å². The highest BCUT2D eigenvalue weighted by atomic mass is 16.7. The predicted octanol–water partition coefficient (Wildman–Crippen LogP) is 3.51. The van der Waals surface area contributed by atoms with Crippen LogP contribution in [0.25, 0.3) is 0 Å². The second-order valence-electron chi connectivity index (χ2n) is 23.7. The van der Waals surface area contributed by atoms with E-state index in [0.717, 1.165) is 4.90 Å². The van der Waals surface area contributed by atoms with E-state index in [4.69, 9.17) is 37.9 Å². The first-order valence-corrected chi connectivity index (χ1v) is 25.6. The van der Waals surface area contributed by atoms with E-state index < -0.39 is 143 Å². The number of hydrogen-bond donors (Lipinski definition) is 9. The molecule has 0 spiro atoms. The van der Waals surface area contributed by atoms with Crippen LogP contribution in [0.5, 0.6) is 0 Å². The van der Waals surface area contributed by atoms with E-state index in [-0.39, 0.29) is 50.4 Å². The fourth-order valence-corrected chi connectivity index (χ4v) is 8.80. The van der Waals surface area contributed by atoms with Gasteiger partial charge in [-0.15, -0.1) is 0 Å². The summed E-state index contributed by atoms with van der Waals surface area (Å²) >= 11 is 0. The number of benzene rings is 1. The zero-order chi connectivity index (χ0) is 58.9. The molecule has 1 unspecified atom stereocenters. The number of nitro benzene ring substituents is 1. The van der Waals surface area contributed by atoms with Crippen molar-refractivity contribution in [3.8, 4) is 0 Å². The molecule has 2 fully saturated rings. The van der Waals surface area contributed by atoms with Crippen molar-refractivity contribution in [2.75, 3.05) is 26.7 Å². The third-order valence-electron chi connectivity index (χ3n) is 12.0. The minimum absolute atomic E-state index is 0.0332. The Kier molecular flexibility index (Phi) is 21.5. The Bertz CT molecular complexity index is 2290. The smallest absolute Gasteiger partial charge is 0.410 e. The van der Waals surface area contributed by atoms with Gasteiger partial charge in [-0.1, -0.05) is 0 Å². The summed E-state index contributed by atoms with van der Waals surface area (Å²) in [4.78, 5) is 91.6. The van der Waals surface area contributed by atoms with Crippen LogP contribution in [0.15, 0.2) is 36.1 Å². The van der Waals surface area contributed by atoms with Crippen molar-refractivity contribution >= 4 is 42.1 Å². The summed E-state index contributed by atoms with van der Waals surface area (Å²) < 4.78 is 46.3. The van der Waals surface area contributed by atoms with Crippen molar-refractivity contribution < 1.29 is 92.0 Å². The van der Waals surface area contributed by atoms with Crippen LogP contribution in [0.3, 0.4) is 0 Å². The number of amides is 6. The molecular formula is C51H81N7O20. The molecule has 1 aromatic carbocycles. The number of carbonyl (C=O) groups excluding carboxylic acids is 6. The van der Waals surface area contributed by atoms with E-state index in [1.54, 1.807) is 89.2 Å². The molecule has 0 aromatic heterocycles. The number of carbonyl (C=O) groups is 6. The van der Waals surface area contributed by atoms with Crippen molar-refractivity contribution in [3.63, 3.8) is 0 Å². The van der Waals surface area contributed by atoms with Crippen LogP contribution in [0.4, 0.5) is 29.7 Å².